The van der Waals surface area contributed by atoms with E-state index in [0.717, 1.165) is 31.2 Å². The first-order valence-electron chi connectivity index (χ1n) is 8.32. The number of hydrogen-bond acceptors (Lipinski definition) is 3. The molecule has 1 fully saturated rings. The third kappa shape index (κ3) is 3.55. The van der Waals surface area contributed by atoms with Crippen molar-refractivity contribution in [2.45, 2.75) is 51.1 Å². The van der Waals surface area contributed by atoms with Crippen molar-refractivity contribution >= 4 is 5.82 Å². The van der Waals surface area contributed by atoms with Gasteiger partial charge in [-0.15, -0.1) is 0 Å². The van der Waals surface area contributed by atoms with Gasteiger partial charge < -0.3 is 5.32 Å². The Bertz CT molecular complexity index is 727. The molecule has 0 saturated heterocycles. The zero-order valence-corrected chi connectivity index (χ0v) is 13.4. The molecule has 3 rings (SSSR count). The van der Waals surface area contributed by atoms with Crippen molar-refractivity contribution < 1.29 is 0 Å². The molecule has 1 atom stereocenters. The summed E-state index contributed by atoms with van der Waals surface area (Å²) in [6, 6.07) is 11.5. The Balaban J connectivity index is 1.82. The molecule has 0 radical (unpaired) electrons. The molecule has 0 unspecified atom stereocenters. The number of aromatic nitrogens is 2. The van der Waals surface area contributed by atoms with Gasteiger partial charge in [0, 0.05) is 18.2 Å². The highest BCUT2D eigenvalue weighted by atomic mass is 16.2. The lowest BCUT2D eigenvalue weighted by atomic mass is 9.95. The van der Waals surface area contributed by atoms with E-state index in [1.165, 1.54) is 17.1 Å². The first kappa shape index (κ1) is 15.6. The zero-order chi connectivity index (χ0) is 16.2. The highest BCUT2D eigenvalue weighted by Gasteiger charge is 2.19. The van der Waals surface area contributed by atoms with Crippen LogP contribution in [0, 0.1) is 0 Å². The summed E-state index contributed by atoms with van der Waals surface area (Å²) in [6.07, 6.45) is 5.19. The van der Waals surface area contributed by atoms with Gasteiger partial charge in [-0.1, -0.05) is 49.6 Å². The average molecular weight is 313 g/mol. The smallest absolute Gasteiger partial charge is 0.330 e. The molecule has 0 amide bonds. The summed E-state index contributed by atoms with van der Waals surface area (Å²) in [5.41, 5.74) is 0.570. The summed E-state index contributed by atoms with van der Waals surface area (Å²) in [7, 11) is 0. The monoisotopic (exact) mass is 313 g/mol. The predicted molar refractivity (Wildman–Crippen MR) is 91.9 cm³/mol. The number of rotatable bonds is 4. The van der Waals surface area contributed by atoms with Crippen LogP contribution in [0.15, 0.2) is 46.0 Å². The van der Waals surface area contributed by atoms with Crippen molar-refractivity contribution in [1.82, 2.24) is 9.55 Å². The molecule has 122 valence electrons. The van der Waals surface area contributed by atoms with Gasteiger partial charge in [-0.25, -0.2) is 4.79 Å². The van der Waals surface area contributed by atoms with Crippen LogP contribution in [0.1, 0.15) is 56.7 Å². The van der Waals surface area contributed by atoms with E-state index in [9.17, 15) is 9.59 Å². The van der Waals surface area contributed by atoms with Gasteiger partial charge >= 0.3 is 5.69 Å². The summed E-state index contributed by atoms with van der Waals surface area (Å²) in [6.45, 7) is 2.00. The van der Waals surface area contributed by atoms with E-state index < -0.39 is 0 Å². The topological polar surface area (TPSA) is 66.9 Å². The number of nitrogens with zero attached hydrogens (tertiary/aromatic N) is 1. The normalized spacial score (nSPS) is 16.9. The molecule has 0 spiro atoms. The molecule has 0 aliphatic heterocycles. The summed E-state index contributed by atoms with van der Waals surface area (Å²) in [5, 5.41) is 3.20. The van der Waals surface area contributed by atoms with E-state index in [2.05, 4.69) is 10.3 Å². The van der Waals surface area contributed by atoms with E-state index >= 15 is 0 Å². The van der Waals surface area contributed by atoms with E-state index in [0.29, 0.717) is 5.82 Å². The Kier molecular flexibility index (Phi) is 4.65. The lowest BCUT2D eigenvalue weighted by molar-refractivity contribution is 0.336. The van der Waals surface area contributed by atoms with Gasteiger partial charge in [-0.2, -0.15) is 0 Å². The average Bonchev–Trinajstić information content (AvgIpc) is 2.56. The highest BCUT2D eigenvalue weighted by Crippen LogP contribution is 2.25. The molecule has 1 saturated carbocycles. The van der Waals surface area contributed by atoms with Gasteiger partial charge in [0.15, 0.2) is 0 Å². The minimum Gasteiger partial charge on any atom is -0.365 e. The molecule has 1 aromatic heterocycles. The number of hydrogen-bond donors (Lipinski definition) is 2. The second-order valence-electron chi connectivity index (χ2n) is 6.26. The molecule has 1 heterocycles. The van der Waals surface area contributed by atoms with Crippen LogP contribution in [0.25, 0.3) is 0 Å². The first-order valence-corrected chi connectivity index (χ1v) is 8.32. The predicted octanol–water partition coefficient (Wildman–Crippen LogP) is 3.21. The third-order valence-corrected chi connectivity index (χ3v) is 4.58. The molecule has 5 nitrogen and oxygen atoms in total. The van der Waals surface area contributed by atoms with E-state index in [-0.39, 0.29) is 23.3 Å². The summed E-state index contributed by atoms with van der Waals surface area (Å²) < 4.78 is 1.39. The molecule has 2 aromatic rings. The van der Waals surface area contributed by atoms with Crippen molar-refractivity contribution in [2.24, 2.45) is 0 Å². The number of nitrogens with one attached hydrogen (secondary N) is 2. The molecule has 1 aliphatic carbocycles. The molecule has 5 heteroatoms. The standard InChI is InChI=1S/C18H23N3O2/c1-13(14-8-4-2-5-9-14)19-16-12-17(22)21(18(23)20-16)15-10-6-3-7-11-15/h2,4-5,8-9,12-13,15,19H,3,6-7,10-11H2,1H3,(H,20,23)/t13-/m0/s1. The van der Waals surface area contributed by atoms with Gasteiger partial charge in [0.05, 0.1) is 0 Å². The maximum atomic E-state index is 12.4. The highest BCUT2D eigenvalue weighted by molar-refractivity contribution is 5.36. The molecule has 1 aliphatic rings. The minimum absolute atomic E-state index is 0.0109. The second-order valence-corrected chi connectivity index (χ2v) is 6.26. The molecule has 23 heavy (non-hydrogen) atoms. The SMILES string of the molecule is C[C@H](Nc1cc(=O)n(C2CCCCC2)c(=O)[nH]1)c1ccccc1. The Morgan fingerprint density at radius 2 is 1.83 bits per heavy atom. The lowest BCUT2D eigenvalue weighted by Crippen LogP contribution is -2.38. The molecular formula is C18H23N3O2. The maximum absolute atomic E-state index is 12.4. The minimum atomic E-state index is -0.313. The van der Waals surface area contributed by atoms with Crippen LogP contribution < -0.4 is 16.6 Å². The number of H-pyrrole nitrogens is 1. The summed E-state index contributed by atoms with van der Waals surface area (Å²) >= 11 is 0. The summed E-state index contributed by atoms with van der Waals surface area (Å²) in [5.74, 6) is 0.475. The zero-order valence-electron chi connectivity index (χ0n) is 13.4. The maximum Gasteiger partial charge on any atom is 0.330 e. The van der Waals surface area contributed by atoms with Crippen LogP contribution >= 0.6 is 0 Å². The molecular weight excluding hydrogens is 290 g/mol. The van der Waals surface area contributed by atoms with Crippen molar-refractivity contribution in [1.29, 1.82) is 0 Å². The van der Waals surface area contributed by atoms with Crippen molar-refractivity contribution in [3.63, 3.8) is 0 Å². The fourth-order valence-electron chi connectivity index (χ4n) is 3.33. The molecule has 2 N–H and O–H groups in total. The van der Waals surface area contributed by atoms with Crippen LogP contribution in [-0.2, 0) is 0 Å². The van der Waals surface area contributed by atoms with E-state index in [1.54, 1.807) is 0 Å². The van der Waals surface area contributed by atoms with Gasteiger partial charge in [0.2, 0.25) is 0 Å². The fourth-order valence-corrected chi connectivity index (χ4v) is 3.33. The van der Waals surface area contributed by atoms with Gasteiger partial charge in [-0.3, -0.25) is 14.3 Å². The Morgan fingerprint density at radius 3 is 2.48 bits per heavy atom. The Morgan fingerprint density at radius 1 is 1.13 bits per heavy atom. The Hall–Kier alpha value is -2.30. The second kappa shape index (κ2) is 6.86. The van der Waals surface area contributed by atoms with Crippen molar-refractivity contribution in [3.8, 4) is 0 Å². The van der Waals surface area contributed by atoms with Crippen LogP contribution in [0.2, 0.25) is 0 Å². The van der Waals surface area contributed by atoms with Crippen LogP contribution in [0.3, 0.4) is 0 Å². The quantitative estimate of drug-likeness (QED) is 0.911. The first-order chi connectivity index (χ1) is 11.1. The van der Waals surface area contributed by atoms with E-state index in [4.69, 9.17) is 0 Å². The van der Waals surface area contributed by atoms with Gasteiger partial charge in [0.1, 0.15) is 5.82 Å². The van der Waals surface area contributed by atoms with Crippen LogP contribution in [0.4, 0.5) is 5.82 Å². The van der Waals surface area contributed by atoms with Gasteiger partial charge in [0.25, 0.3) is 5.56 Å². The molecule has 0 bridgehead atoms. The number of aromatic amines is 1. The molecule has 1 aromatic carbocycles. The van der Waals surface area contributed by atoms with Crippen LogP contribution in [0.5, 0.6) is 0 Å². The Labute approximate surface area is 135 Å². The lowest BCUT2D eigenvalue weighted by Gasteiger charge is -2.23. The third-order valence-electron chi connectivity index (χ3n) is 4.58. The largest absolute Gasteiger partial charge is 0.365 e. The fraction of sp³-hybridized carbons (Fsp3) is 0.444. The van der Waals surface area contributed by atoms with Crippen LogP contribution in [-0.4, -0.2) is 9.55 Å². The van der Waals surface area contributed by atoms with Crippen molar-refractivity contribution in [2.75, 3.05) is 5.32 Å². The number of anilines is 1. The van der Waals surface area contributed by atoms with E-state index in [1.807, 2.05) is 37.3 Å². The van der Waals surface area contributed by atoms with Gasteiger partial charge in [-0.05, 0) is 25.3 Å². The van der Waals surface area contributed by atoms with Crippen molar-refractivity contribution in [3.05, 3.63) is 62.8 Å². The number of benzene rings is 1. The summed E-state index contributed by atoms with van der Waals surface area (Å²) in [4.78, 5) is 27.5.